The maximum absolute atomic E-state index is 12.7. The lowest BCUT2D eigenvalue weighted by atomic mass is 9.90. The molecule has 0 fully saturated rings. The molecule has 0 unspecified atom stereocenters. The third-order valence-electron chi connectivity index (χ3n) is 4.17. The van der Waals surface area contributed by atoms with Crippen LogP contribution in [0.3, 0.4) is 0 Å². The number of benzene rings is 2. The minimum atomic E-state index is -1.69. The fourth-order valence-corrected chi connectivity index (χ4v) is 3.33. The van der Waals surface area contributed by atoms with Crippen LogP contribution in [0.15, 0.2) is 53.7 Å². The van der Waals surface area contributed by atoms with Gasteiger partial charge >= 0.3 is 0 Å². The van der Waals surface area contributed by atoms with Crippen LogP contribution in [-0.2, 0) is 21.0 Å². The molecule has 0 saturated carbocycles. The average molecular weight is 406 g/mol. The highest BCUT2D eigenvalue weighted by atomic mass is 35.5. The maximum Gasteiger partial charge on any atom is 0.268 e. The Labute approximate surface area is 165 Å². The Hall–Kier alpha value is -2.57. The first-order chi connectivity index (χ1) is 12.9. The Morgan fingerprint density at radius 3 is 2.59 bits per heavy atom. The van der Waals surface area contributed by atoms with Crippen LogP contribution in [0, 0.1) is 0 Å². The van der Waals surface area contributed by atoms with Crippen LogP contribution in [0.1, 0.15) is 24.0 Å². The lowest BCUT2D eigenvalue weighted by Gasteiger charge is -2.25. The van der Waals surface area contributed by atoms with Crippen molar-refractivity contribution in [2.75, 3.05) is 0 Å². The highest BCUT2D eigenvalue weighted by Gasteiger charge is 2.47. The molecule has 2 aromatic carbocycles. The number of amides is 1. The van der Waals surface area contributed by atoms with E-state index in [0.717, 1.165) is 5.56 Å². The van der Waals surface area contributed by atoms with E-state index in [1.54, 1.807) is 12.1 Å². The van der Waals surface area contributed by atoms with E-state index in [4.69, 9.17) is 28.0 Å². The second-order valence-electron chi connectivity index (χ2n) is 6.14. The molecular weight excluding hydrogens is 391 g/mol. The molecular formula is C19H15Cl2N2O4-. The Morgan fingerprint density at radius 1 is 1.19 bits per heavy atom. The number of carbonyl (C=O) groups is 2. The van der Waals surface area contributed by atoms with E-state index in [2.05, 4.69) is 10.5 Å². The average Bonchev–Trinajstić information content (AvgIpc) is 3.05. The zero-order valence-electron chi connectivity index (χ0n) is 14.1. The highest BCUT2D eigenvalue weighted by Crippen LogP contribution is 2.33. The number of rotatable bonds is 6. The number of carboxylic acids is 1. The fraction of sp³-hybridized carbons (Fsp3) is 0.211. The predicted octanol–water partition coefficient (Wildman–Crippen LogP) is 2.31. The summed E-state index contributed by atoms with van der Waals surface area (Å²) in [6.45, 7) is 0.231. The van der Waals surface area contributed by atoms with Gasteiger partial charge in [0.25, 0.3) is 5.91 Å². The molecule has 1 heterocycles. The van der Waals surface area contributed by atoms with Gasteiger partial charge in [-0.25, -0.2) is 0 Å². The minimum Gasteiger partial charge on any atom is -0.550 e. The van der Waals surface area contributed by atoms with Crippen molar-refractivity contribution in [3.63, 3.8) is 0 Å². The van der Waals surface area contributed by atoms with E-state index in [1.165, 1.54) is 6.07 Å². The van der Waals surface area contributed by atoms with Gasteiger partial charge in [-0.15, -0.1) is 0 Å². The summed E-state index contributed by atoms with van der Waals surface area (Å²) in [5.74, 6) is -2.00. The van der Waals surface area contributed by atoms with Crippen molar-refractivity contribution < 1.29 is 19.5 Å². The molecule has 1 aliphatic rings. The van der Waals surface area contributed by atoms with Crippen molar-refractivity contribution in [3.8, 4) is 0 Å². The summed E-state index contributed by atoms with van der Waals surface area (Å²) in [6, 6.07) is 14.0. The maximum atomic E-state index is 12.7. The summed E-state index contributed by atoms with van der Waals surface area (Å²) in [5.41, 5.74) is 0.0746. The van der Waals surface area contributed by atoms with Crippen molar-refractivity contribution in [2.24, 2.45) is 5.16 Å². The number of halogens is 2. The molecule has 1 N–H and O–H groups in total. The second-order valence-corrected chi connectivity index (χ2v) is 6.99. The summed E-state index contributed by atoms with van der Waals surface area (Å²) in [6.07, 6.45) is -0.686. The van der Waals surface area contributed by atoms with Crippen LogP contribution >= 0.6 is 23.2 Å². The first-order valence-corrected chi connectivity index (χ1v) is 8.88. The van der Waals surface area contributed by atoms with Crippen LogP contribution in [0.25, 0.3) is 0 Å². The third-order valence-corrected chi connectivity index (χ3v) is 4.71. The molecule has 1 amide bonds. The predicted molar refractivity (Wildman–Crippen MR) is 99.3 cm³/mol. The number of oxime groups is 1. The number of aliphatic carboxylic acids is 1. The van der Waals surface area contributed by atoms with Crippen LogP contribution in [0.5, 0.6) is 0 Å². The summed E-state index contributed by atoms with van der Waals surface area (Å²) >= 11 is 12.1. The van der Waals surface area contributed by atoms with E-state index in [9.17, 15) is 14.7 Å². The number of hydrogen-bond donors (Lipinski definition) is 1. The van der Waals surface area contributed by atoms with Gasteiger partial charge in [0, 0.05) is 35.9 Å². The number of carboxylic acid groups (broad SMARTS) is 1. The van der Waals surface area contributed by atoms with Crippen molar-refractivity contribution in [1.29, 1.82) is 0 Å². The molecule has 0 saturated heterocycles. The molecule has 27 heavy (non-hydrogen) atoms. The van der Waals surface area contributed by atoms with Crippen molar-refractivity contribution in [2.45, 2.75) is 25.0 Å². The summed E-state index contributed by atoms with van der Waals surface area (Å²) in [7, 11) is 0. The Balaban J connectivity index is 1.78. The largest absolute Gasteiger partial charge is 0.550 e. The second kappa shape index (κ2) is 7.98. The monoisotopic (exact) mass is 405 g/mol. The number of nitrogens with one attached hydrogen (secondary N) is 1. The molecule has 0 bridgehead atoms. The molecule has 1 atom stereocenters. The lowest BCUT2D eigenvalue weighted by molar-refractivity contribution is -0.309. The van der Waals surface area contributed by atoms with Crippen molar-refractivity contribution >= 4 is 40.8 Å². The molecule has 0 radical (unpaired) electrons. The van der Waals surface area contributed by atoms with E-state index >= 15 is 0 Å². The zero-order chi connectivity index (χ0) is 19.4. The van der Waals surface area contributed by atoms with Gasteiger partial charge in [-0.05, 0) is 17.7 Å². The number of carbonyl (C=O) groups excluding carboxylic acids is 2. The molecule has 1 aliphatic heterocycles. The Morgan fingerprint density at radius 2 is 1.93 bits per heavy atom. The molecule has 6 nitrogen and oxygen atoms in total. The minimum absolute atomic E-state index is 0.0526. The highest BCUT2D eigenvalue weighted by molar-refractivity contribution is 6.37. The van der Waals surface area contributed by atoms with Crippen molar-refractivity contribution in [3.05, 3.63) is 69.7 Å². The Kier molecular flexibility index (Phi) is 5.68. The zero-order valence-corrected chi connectivity index (χ0v) is 15.6. The van der Waals surface area contributed by atoms with Crippen LogP contribution < -0.4 is 10.4 Å². The first-order valence-electron chi connectivity index (χ1n) is 8.12. The lowest BCUT2D eigenvalue weighted by Crippen LogP contribution is -2.50. The normalized spacial score (nSPS) is 18.5. The van der Waals surface area contributed by atoms with Gasteiger partial charge in [0.15, 0.2) is 0 Å². The first kappa shape index (κ1) is 19.2. The quantitative estimate of drug-likeness (QED) is 0.797. The molecule has 3 rings (SSSR count). The van der Waals surface area contributed by atoms with Crippen molar-refractivity contribution in [1.82, 2.24) is 5.32 Å². The van der Waals surface area contributed by atoms with E-state index < -0.39 is 23.9 Å². The van der Waals surface area contributed by atoms with E-state index in [-0.39, 0.29) is 13.0 Å². The van der Waals surface area contributed by atoms with Gasteiger partial charge in [-0.3, -0.25) is 4.79 Å². The van der Waals surface area contributed by atoms with Crippen LogP contribution in [0.2, 0.25) is 10.0 Å². The molecule has 0 aliphatic carbocycles. The molecule has 2 aromatic rings. The molecule has 0 spiro atoms. The van der Waals surface area contributed by atoms with Gasteiger partial charge < -0.3 is 20.1 Å². The van der Waals surface area contributed by atoms with Crippen LogP contribution in [-0.4, -0.2) is 23.2 Å². The van der Waals surface area contributed by atoms with Gasteiger partial charge in [-0.2, -0.15) is 0 Å². The van der Waals surface area contributed by atoms with Gasteiger partial charge in [0.1, 0.15) is 0 Å². The van der Waals surface area contributed by atoms with Gasteiger partial charge in [0.2, 0.25) is 5.60 Å². The fourth-order valence-electron chi connectivity index (χ4n) is 2.81. The van der Waals surface area contributed by atoms with E-state index in [1.807, 2.05) is 30.3 Å². The van der Waals surface area contributed by atoms with Gasteiger partial charge in [0.05, 0.1) is 10.7 Å². The molecule has 0 aromatic heterocycles. The molecule has 8 heteroatoms. The summed E-state index contributed by atoms with van der Waals surface area (Å²) in [5, 5.41) is 18.6. The summed E-state index contributed by atoms with van der Waals surface area (Å²) in [4.78, 5) is 29.3. The summed E-state index contributed by atoms with van der Waals surface area (Å²) < 4.78 is 0. The van der Waals surface area contributed by atoms with Gasteiger partial charge in [-0.1, -0.05) is 64.8 Å². The SMILES string of the molecule is O=C([O-])C[C@]1(C(=O)NCc2ccccc2)CC(c2ccc(Cl)cc2Cl)=NO1. The standard InChI is InChI=1S/C19H16Cl2N2O4/c20-13-6-7-14(15(21)8-13)16-9-19(27-23-16,10-17(24)25)18(26)22-11-12-4-2-1-3-5-12/h1-8H,9-11H2,(H,22,26)(H,24,25)/p-1/t19-/m0/s1. The smallest absolute Gasteiger partial charge is 0.268 e. The molecule has 140 valence electrons. The topological polar surface area (TPSA) is 90.8 Å². The third kappa shape index (κ3) is 4.40. The Bertz CT molecular complexity index is 902. The number of nitrogens with zero attached hydrogens (tertiary/aromatic N) is 1. The number of hydrogen-bond acceptors (Lipinski definition) is 5. The van der Waals surface area contributed by atoms with Crippen LogP contribution in [0.4, 0.5) is 0 Å². The van der Waals surface area contributed by atoms with E-state index in [0.29, 0.717) is 21.3 Å².